The minimum atomic E-state index is -0.652. The zero-order chi connectivity index (χ0) is 88.6. The van der Waals surface area contributed by atoms with Crippen molar-refractivity contribution in [2.24, 2.45) is 0 Å². The first-order valence-electron chi connectivity index (χ1n) is 42.0. The van der Waals surface area contributed by atoms with Gasteiger partial charge in [-0.15, -0.1) is 0 Å². The summed E-state index contributed by atoms with van der Waals surface area (Å²) in [6, 6.07) is 111. The van der Waals surface area contributed by atoms with Gasteiger partial charge in [0.15, 0.2) is 0 Å². The maximum absolute atomic E-state index is 17.0. The van der Waals surface area contributed by atoms with Crippen LogP contribution in [0.1, 0.15) is 63.8 Å². The van der Waals surface area contributed by atoms with Gasteiger partial charge in [-0.2, -0.15) is 10.5 Å². The molecule has 0 unspecified atom stereocenters. The van der Waals surface area contributed by atoms with Gasteiger partial charge in [-0.1, -0.05) is 260 Å². The molecular formula is C114H78F8N6. The number of rotatable bonds is 16. The molecular weight excluding hydrogens is 1610 g/mol. The Morgan fingerprint density at radius 1 is 0.211 bits per heavy atom. The van der Waals surface area contributed by atoms with E-state index in [1.807, 2.05) is 279 Å². The summed E-state index contributed by atoms with van der Waals surface area (Å²) in [6.07, 6.45) is 0. The summed E-state index contributed by atoms with van der Waals surface area (Å²) < 4.78 is 133. The van der Waals surface area contributed by atoms with Gasteiger partial charge < -0.3 is 19.6 Å². The Kier molecular flexibility index (Phi) is 21.1. The van der Waals surface area contributed by atoms with Crippen LogP contribution in [0.25, 0.3) is 109 Å². The molecule has 0 aromatic heterocycles. The first-order chi connectivity index (χ1) is 62.0. The van der Waals surface area contributed by atoms with Crippen LogP contribution < -0.4 is 19.6 Å². The molecule has 0 spiro atoms. The molecule has 0 amide bonds. The number of hydrogen-bond acceptors (Lipinski definition) is 6. The van der Waals surface area contributed by atoms with Crippen molar-refractivity contribution in [3.8, 4) is 56.6 Å². The molecule has 0 heterocycles. The third-order valence-electron chi connectivity index (χ3n) is 24.1. The lowest BCUT2D eigenvalue weighted by molar-refractivity contribution is 0.586. The van der Waals surface area contributed by atoms with E-state index >= 15 is 35.1 Å². The van der Waals surface area contributed by atoms with Crippen LogP contribution >= 0.6 is 0 Å². The van der Waals surface area contributed by atoms with Gasteiger partial charge in [-0.05, 0) is 209 Å². The largest absolute Gasteiger partial charge is 0.307 e. The normalized spacial score (nSPS) is 11.7. The van der Waals surface area contributed by atoms with Crippen LogP contribution in [0.3, 0.4) is 0 Å². The first kappa shape index (κ1) is 81.7. The van der Waals surface area contributed by atoms with Gasteiger partial charge in [-0.25, -0.2) is 35.1 Å². The molecule has 0 aliphatic carbocycles. The number of halogens is 8. The van der Waals surface area contributed by atoms with Crippen LogP contribution in [-0.4, -0.2) is 0 Å². The molecule has 0 saturated carbocycles. The highest BCUT2D eigenvalue weighted by atomic mass is 19.2. The summed E-state index contributed by atoms with van der Waals surface area (Å²) >= 11 is 0. The SMILES string of the molecule is CC(C)(C)c1ccccc1-c1cc(F)c(N(c2ccccc2)c2ccc3ccc4c(N(c5ccccc5)c5cc(F)c(-c6ccccc6C(C)(C)C)cc5F)ccc5ccc2c3c54)cc1F.N#Cc1ccc(-c2cc(F)c(N(c3ccccc3)c3ccc4ccc5c(N(c6ccccc6)c6cc(F)c(-c7ccc(C#N)cc7)cc6F)ccc6ccc3c4c65)cc2F)cc1. The van der Waals surface area contributed by atoms with Gasteiger partial charge in [0.25, 0.3) is 0 Å². The highest BCUT2D eigenvalue weighted by Crippen LogP contribution is 2.54. The Bertz CT molecular complexity index is 7320. The van der Waals surface area contributed by atoms with E-state index in [1.54, 1.807) is 68.1 Å². The van der Waals surface area contributed by atoms with Crippen molar-refractivity contribution in [2.45, 2.75) is 52.4 Å². The van der Waals surface area contributed by atoms with Crippen molar-refractivity contribution in [3.63, 3.8) is 0 Å². The van der Waals surface area contributed by atoms with Gasteiger partial charge in [0, 0.05) is 90.8 Å². The molecule has 14 heteroatoms. The lowest BCUT2D eigenvalue weighted by Gasteiger charge is -2.30. The summed E-state index contributed by atoms with van der Waals surface area (Å²) in [5.74, 6) is -4.81. The standard InChI is InChI=1S/C60H48F4N2.C54H30F4N4/c1-59(2,3)47-23-15-13-21-41(47)45-33-51(63)55(35-49(45)61)65(39-17-9-7-10-18-39)53-31-27-37-26-30-44-54(32-28-38-25-29-43(53)57(37)58(38)44)66(40-19-11-8-12-20-40)56-36-50(62)46(34-52(56)64)42-22-14-16-24-48(42)60(4,5)6;55-45-29-51(47(57)27-43(45)35-15-11-33(31-59)12-16-35)61(39-7-3-1-4-8-39)49-25-21-37-20-24-42-50(26-22-38-19-23-41(49)53(37)54(38)42)62(40-9-5-2-6-10-40)52-30-46(56)44(28-48(52)58)36-17-13-34(32-60)14-18-36/h7-36H,1-6H3;1-30H. The summed E-state index contributed by atoms with van der Waals surface area (Å²) in [6.45, 7) is 12.4. The lowest BCUT2D eigenvalue weighted by Crippen LogP contribution is -2.15. The monoisotopic (exact) mass is 1680 g/mol. The van der Waals surface area contributed by atoms with Gasteiger partial charge in [0.1, 0.15) is 46.5 Å². The van der Waals surface area contributed by atoms with Crippen molar-refractivity contribution >= 4 is 133 Å². The van der Waals surface area contributed by atoms with Crippen molar-refractivity contribution < 1.29 is 35.1 Å². The quantitative estimate of drug-likeness (QED) is 0.0710. The molecule has 620 valence electrons. The topological polar surface area (TPSA) is 60.5 Å². The van der Waals surface area contributed by atoms with E-state index in [0.717, 1.165) is 75.8 Å². The number of hydrogen-bond donors (Lipinski definition) is 0. The summed E-state index contributed by atoms with van der Waals surface area (Å²) in [7, 11) is 0. The Hall–Kier alpha value is -15.9. The Morgan fingerprint density at radius 2 is 0.438 bits per heavy atom. The second-order valence-corrected chi connectivity index (χ2v) is 34.0. The predicted octanol–water partition coefficient (Wildman–Crippen LogP) is 33.2. The average Bonchev–Trinajstić information content (AvgIpc) is 0.720. The van der Waals surface area contributed by atoms with Crippen LogP contribution in [0.2, 0.25) is 0 Å². The number of anilines is 12. The molecule has 0 aliphatic heterocycles. The summed E-state index contributed by atoms with van der Waals surface area (Å²) in [5, 5.41) is 28.8. The average molecular weight is 1680 g/mol. The molecule has 0 saturated heterocycles. The van der Waals surface area contributed by atoms with Crippen molar-refractivity contribution in [3.05, 3.63) is 433 Å². The highest BCUT2D eigenvalue weighted by Gasteiger charge is 2.32. The van der Waals surface area contributed by atoms with Crippen LogP contribution in [0.4, 0.5) is 103 Å². The van der Waals surface area contributed by atoms with Crippen LogP contribution in [0.15, 0.2) is 364 Å². The highest BCUT2D eigenvalue weighted by molar-refractivity contribution is 6.30. The second kappa shape index (κ2) is 33.0. The Morgan fingerprint density at radius 3 is 0.688 bits per heavy atom. The van der Waals surface area contributed by atoms with Crippen LogP contribution in [0, 0.1) is 69.2 Å². The van der Waals surface area contributed by atoms with E-state index in [4.69, 9.17) is 0 Å². The predicted molar refractivity (Wildman–Crippen MR) is 507 cm³/mol. The molecule has 0 N–H and O–H groups in total. The molecule has 0 aliphatic rings. The van der Waals surface area contributed by atoms with E-state index in [-0.39, 0.29) is 55.8 Å². The number of para-hydroxylation sites is 4. The molecule has 128 heavy (non-hydrogen) atoms. The van der Waals surface area contributed by atoms with Crippen molar-refractivity contribution in [1.29, 1.82) is 10.5 Å². The Labute approximate surface area is 735 Å². The van der Waals surface area contributed by atoms with Gasteiger partial charge in [0.2, 0.25) is 0 Å². The minimum Gasteiger partial charge on any atom is -0.307 e. The molecule has 0 bridgehead atoms. The van der Waals surface area contributed by atoms with E-state index in [0.29, 0.717) is 78.9 Å². The molecule has 6 nitrogen and oxygen atoms in total. The number of benzene rings is 20. The molecule has 0 fully saturated rings. The third kappa shape index (κ3) is 14.7. The van der Waals surface area contributed by atoms with E-state index in [2.05, 4.69) is 41.5 Å². The van der Waals surface area contributed by atoms with E-state index < -0.39 is 46.5 Å². The third-order valence-corrected chi connectivity index (χ3v) is 24.1. The number of nitriles is 2. The Balaban J connectivity index is 0.000000167. The second-order valence-electron chi connectivity index (χ2n) is 34.0. The summed E-state index contributed by atoms with van der Waals surface area (Å²) in [5.41, 5.74) is 9.84. The van der Waals surface area contributed by atoms with Crippen molar-refractivity contribution in [2.75, 3.05) is 19.6 Å². The van der Waals surface area contributed by atoms with E-state index in [1.165, 1.54) is 48.5 Å². The smallest absolute Gasteiger partial charge is 0.148 e. The van der Waals surface area contributed by atoms with E-state index in [9.17, 15) is 10.5 Å². The molecule has 0 atom stereocenters. The fraction of sp³-hybridized carbons (Fsp3) is 0.0702. The zero-order valence-electron chi connectivity index (χ0n) is 70.3. The van der Waals surface area contributed by atoms with Crippen LogP contribution in [-0.2, 0) is 10.8 Å². The lowest BCUT2D eigenvalue weighted by atomic mass is 9.81. The van der Waals surface area contributed by atoms with Gasteiger partial charge >= 0.3 is 0 Å². The van der Waals surface area contributed by atoms with Gasteiger partial charge in [0.05, 0.1) is 68.8 Å². The van der Waals surface area contributed by atoms with Gasteiger partial charge in [-0.3, -0.25) is 0 Å². The maximum atomic E-state index is 17.0. The van der Waals surface area contributed by atoms with Crippen molar-refractivity contribution in [1.82, 2.24) is 0 Å². The molecule has 20 aromatic rings. The molecule has 20 rings (SSSR count). The fourth-order valence-corrected chi connectivity index (χ4v) is 18.1. The number of nitrogens with zero attached hydrogens (tertiary/aromatic N) is 6. The molecule has 0 radical (unpaired) electrons. The zero-order valence-corrected chi connectivity index (χ0v) is 70.3. The minimum absolute atomic E-state index is 0.000902. The first-order valence-corrected chi connectivity index (χ1v) is 42.0. The fourth-order valence-electron chi connectivity index (χ4n) is 18.1. The maximum Gasteiger partial charge on any atom is 0.148 e. The van der Waals surface area contributed by atoms with Crippen LogP contribution in [0.5, 0.6) is 0 Å². The summed E-state index contributed by atoms with van der Waals surface area (Å²) in [4.78, 5) is 6.96. The molecule has 20 aromatic carbocycles.